The van der Waals surface area contributed by atoms with E-state index in [2.05, 4.69) is 25.2 Å². The molecule has 0 saturated heterocycles. The summed E-state index contributed by atoms with van der Waals surface area (Å²) in [5, 5.41) is 12.1. The van der Waals surface area contributed by atoms with Gasteiger partial charge in [-0.05, 0) is 42.6 Å². The minimum Gasteiger partial charge on any atom is -0.313 e. The number of hydrogen-bond acceptors (Lipinski definition) is 2. The van der Waals surface area contributed by atoms with Crippen molar-refractivity contribution in [3.8, 4) is 6.07 Å². The van der Waals surface area contributed by atoms with Crippen LogP contribution in [0.5, 0.6) is 0 Å². The van der Waals surface area contributed by atoms with Gasteiger partial charge in [0.05, 0.1) is 11.6 Å². The summed E-state index contributed by atoms with van der Waals surface area (Å²) in [4.78, 5) is 0. The molecule has 0 heterocycles. The predicted octanol–water partition coefficient (Wildman–Crippen LogP) is 2.83. The van der Waals surface area contributed by atoms with Crippen molar-refractivity contribution in [3.05, 3.63) is 35.1 Å². The summed E-state index contributed by atoms with van der Waals surface area (Å²) in [6.07, 6.45) is 1.08. The summed E-state index contributed by atoms with van der Waals surface area (Å²) < 4.78 is 13.0. The lowest BCUT2D eigenvalue weighted by Gasteiger charge is -2.08. The van der Waals surface area contributed by atoms with Gasteiger partial charge in [-0.25, -0.2) is 4.39 Å². The third-order valence-corrected chi connectivity index (χ3v) is 2.40. The van der Waals surface area contributed by atoms with Crippen LogP contribution in [0.1, 0.15) is 31.4 Å². The molecule has 0 atom stereocenters. The molecular formula is C13H17FN2. The third-order valence-electron chi connectivity index (χ3n) is 2.40. The molecule has 2 nitrogen and oxygen atoms in total. The van der Waals surface area contributed by atoms with Crippen LogP contribution in [0.4, 0.5) is 4.39 Å². The molecule has 1 N–H and O–H groups in total. The highest BCUT2D eigenvalue weighted by Crippen LogP contribution is 2.10. The predicted molar refractivity (Wildman–Crippen MR) is 62.3 cm³/mol. The molecule has 0 bridgehead atoms. The monoisotopic (exact) mass is 220 g/mol. The van der Waals surface area contributed by atoms with Crippen molar-refractivity contribution in [2.45, 2.75) is 26.8 Å². The van der Waals surface area contributed by atoms with E-state index in [1.165, 1.54) is 18.2 Å². The molecule has 1 aromatic carbocycles. The van der Waals surface area contributed by atoms with E-state index < -0.39 is 0 Å². The summed E-state index contributed by atoms with van der Waals surface area (Å²) in [5.41, 5.74) is 1.27. The molecule has 0 aliphatic rings. The van der Waals surface area contributed by atoms with Crippen LogP contribution in [0.2, 0.25) is 0 Å². The number of halogens is 1. The molecule has 0 amide bonds. The first-order chi connectivity index (χ1) is 7.63. The van der Waals surface area contributed by atoms with Crippen LogP contribution >= 0.6 is 0 Å². The Kier molecular flexibility index (Phi) is 4.94. The molecule has 3 heteroatoms. The first-order valence-electron chi connectivity index (χ1n) is 5.52. The third kappa shape index (κ3) is 4.00. The average Bonchev–Trinajstić information content (AvgIpc) is 2.24. The molecule has 1 rings (SSSR count). The van der Waals surface area contributed by atoms with Crippen molar-refractivity contribution in [1.82, 2.24) is 5.32 Å². The van der Waals surface area contributed by atoms with Crippen LogP contribution in [0.3, 0.4) is 0 Å². The van der Waals surface area contributed by atoms with Gasteiger partial charge in [0.2, 0.25) is 0 Å². The Bertz CT molecular complexity index is 380. The van der Waals surface area contributed by atoms with Crippen LogP contribution in [0.25, 0.3) is 0 Å². The second-order valence-corrected chi connectivity index (χ2v) is 4.27. The van der Waals surface area contributed by atoms with E-state index in [9.17, 15) is 4.39 Å². The second kappa shape index (κ2) is 6.24. The maximum Gasteiger partial charge on any atom is 0.123 e. The highest BCUT2D eigenvalue weighted by molar-refractivity contribution is 5.37. The van der Waals surface area contributed by atoms with Crippen LogP contribution in [0.15, 0.2) is 18.2 Å². The van der Waals surface area contributed by atoms with E-state index in [-0.39, 0.29) is 5.82 Å². The molecule has 0 aliphatic carbocycles. The van der Waals surface area contributed by atoms with Gasteiger partial charge in [-0.1, -0.05) is 13.8 Å². The minimum absolute atomic E-state index is 0.292. The number of nitriles is 1. The van der Waals surface area contributed by atoms with Crippen molar-refractivity contribution in [2.75, 3.05) is 6.54 Å². The molecule has 0 saturated carbocycles. The summed E-state index contributed by atoms with van der Waals surface area (Å²) in [6.45, 7) is 5.75. The first-order valence-corrected chi connectivity index (χ1v) is 5.52. The topological polar surface area (TPSA) is 35.8 Å². The zero-order chi connectivity index (χ0) is 12.0. The van der Waals surface area contributed by atoms with Gasteiger partial charge in [-0.3, -0.25) is 0 Å². The lowest BCUT2D eigenvalue weighted by Crippen LogP contribution is -2.17. The highest BCUT2D eigenvalue weighted by Gasteiger charge is 2.03. The molecule has 0 spiro atoms. The van der Waals surface area contributed by atoms with Crippen molar-refractivity contribution in [1.29, 1.82) is 5.26 Å². The Labute approximate surface area is 96.1 Å². The smallest absolute Gasteiger partial charge is 0.123 e. The zero-order valence-electron chi connectivity index (χ0n) is 9.76. The van der Waals surface area contributed by atoms with Crippen molar-refractivity contribution < 1.29 is 4.39 Å². The van der Waals surface area contributed by atoms with E-state index >= 15 is 0 Å². The van der Waals surface area contributed by atoms with Crippen molar-refractivity contribution >= 4 is 0 Å². The van der Waals surface area contributed by atoms with Gasteiger partial charge in [-0.15, -0.1) is 0 Å². The summed E-state index contributed by atoms with van der Waals surface area (Å²) >= 11 is 0. The minimum atomic E-state index is -0.292. The normalized spacial score (nSPS) is 10.4. The zero-order valence-corrected chi connectivity index (χ0v) is 9.76. The Hall–Kier alpha value is -1.40. The van der Waals surface area contributed by atoms with Gasteiger partial charge in [0, 0.05) is 6.54 Å². The van der Waals surface area contributed by atoms with E-state index in [4.69, 9.17) is 5.26 Å². The number of benzene rings is 1. The van der Waals surface area contributed by atoms with Crippen LogP contribution in [-0.4, -0.2) is 6.54 Å². The fourth-order valence-electron chi connectivity index (χ4n) is 1.43. The number of hydrogen-bond donors (Lipinski definition) is 1. The van der Waals surface area contributed by atoms with Gasteiger partial charge < -0.3 is 5.32 Å². The lowest BCUT2D eigenvalue weighted by molar-refractivity contribution is 0.536. The van der Waals surface area contributed by atoms with Crippen LogP contribution in [0, 0.1) is 23.1 Å². The largest absolute Gasteiger partial charge is 0.313 e. The second-order valence-electron chi connectivity index (χ2n) is 4.27. The lowest BCUT2D eigenvalue weighted by atomic mass is 10.1. The molecule has 0 unspecified atom stereocenters. The van der Waals surface area contributed by atoms with Crippen molar-refractivity contribution in [2.24, 2.45) is 5.92 Å². The molecule has 16 heavy (non-hydrogen) atoms. The van der Waals surface area contributed by atoms with Gasteiger partial charge in [-0.2, -0.15) is 5.26 Å². The Morgan fingerprint density at radius 3 is 2.81 bits per heavy atom. The van der Waals surface area contributed by atoms with Crippen molar-refractivity contribution in [3.63, 3.8) is 0 Å². The standard InChI is InChI=1S/C13H17FN2/c1-10(2)5-6-16-9-12-7-13(14)4-3-11(12)8-15/h3-4,7,10,16H,5-6,9H2,1-2H3. The van der Waals surface area contributed by atoms with E-state index in [1.54, 1.807) is 0 Å². The molecule has 0 aliphatic heterocycles. The molecule has 0 aromatic heterocycles. The summed E-state index contributed by atoms with van der Waals surface area (Å²) in [6, 6.07) is 6.32. The van der Waals surface area contributed by atoms with E-state index in [0.29, 0.717) is 18.0 Å². The maximum absolute atomic E-state index is 13.0. The molecule has 0 radical (unpaired) electrons. The maximum atomic E-state index is 13.0. The van der Waals surface area contributed by atoms with Crippen LogP contribution in [-0.2, 0) is 6.54 Å². The Morgan fingerprint density at radius 2 is 2.19 bits per heavy atom. The van der Waals surface area contributed by atoms with Gasteiger partial charge in [0.25, 0.3) is 0 Å². The van der Waals surface area contributed by atoms with E-state index in [1.807, 2.05) is 0 Å². The van der Waals surface area contributed by atoms with Gasteiger partial charge >= 0.3 is 0 Å². The number of nitrogens with one attached hydrogen (secondary N) is 1. The molecular weight excluding hydrogens is 203 g/mol. The summed E-state index contributed by atoms with van der Waals surface area (Å²) in [5.74, 6) is 0.357. The summed E-state index contributed by atoms with van der Waals surface area (Å²) in [7, 11) is 0. The molecule has 86 valence electrons. The van der Waals surface area contributed by atoms with E-state index in [0.717, 1.165) is 18.5 Å². The fraction of sp³-hybridized carbons (Fsp3) is 0.462. The van der Waals surface area contributed by atoms with Crippen LogP contribution < -0.4 is 5.32 Å². The number of rotatable bonds is 5. The molecule has 1 aromatic rings. The fourth-order valence-corrected chi connectivity index (χ4v) is 1.43. The highest BCUT2D eigenvalue weighted by atomic mass is 19.1. The molecule has 0 fully saturated rings. The Morgan fingerprint density at radius 1 is 1.44 bits per heavy atom. The average molecular weight is 220 g/mol. The quantitative estimate of drug-likeness (QED) is 0.774. The van der Waals surface area contributed by atoms with Gasteiger partial charge in [0.15, 0.2) is 0 Å². The number of nitrogens with zero attached hydrogens (tertiary/aromatic N) is 1. The first kappa shape index (κ1) is 12.7. The van der Waals surface area contributed by atoms with Gasteiger partial charge in [0.1, 0.15) is 5.82 Å². The Balaban J connectivity index is 2.53. The SMILES string of the molecule is CC(C)CCNCc1cc(F)ccc1C#N.